The van der Waals surface area contributed by atoms with Gasteiger partial charge in [-0.3, -0.25) is 9.78 Å². The minimum Gasteiger partial charge on any atom is -0.493 e. The number of H-pyrrole nitrogens is 1. The molecule has 1 aromatic heterocycles. The largest absolute Gasteiger partial charge is 0.493 e. The maximum Gasteiger partial charge on any atom is 0.335 e. The Morgan fingerprint density at radius 2 is 1.85 bits per heavy atom. The van der Waals surface area contributed by atoms with Crippen LogP contribution in [0.1, 0.15) is 18.9 Å². The molecule has 0 saturated heterocycles. The van der Waals surface area contributed by atoms with Crippen LogP contribution in [0, 0.1) is 5.82 Å². The quantitative estimate of drug-likeness (QED) is 0.671. The Labute approximate surface area is 158 Å². The number of rotatable bonds is 4. The standard InChI is InChI=1S/C19H15ClFN3O3/c1-2-14(22-15-6-4-3-5-13(15)21)16-17(25)23-19(27)24(18(16)26)12-9-7-11(20)8-10-12/h3-10,26H,2H2,1H3,(H,23,25,27). The Morgan fingerprint density at radius 3 is 2.48 bits per heavy atom. The van der Waals surface area contributed by atoms with E-state index in [0.717, 1.165) is 4.57 Å². The summed E-state index contributed by atoms with van der Waals surface area (Å²) in [6.07, 6.45) is 0.226. The van der Waals surface area contributed by atoms with Crippen LogP contribution in [0.25, 0.3) is 5.69 Å². The molecule has 2 aromatic carbocycles. The monoisotopic (exact) mass is 387 g/mol. The summed E-state index contributed by atoms with van der Waals surface area (Å²) in [5.74, 6) is -1.14. The van der Waals surface area contributed by atoms with Gasteiger partial charge in [-0.15, -0.1) is 0 Å². The van der Waals surface area contributed by atoms with E-state index in [1.807, 2.05) is 0 Å². The van der Waals surface area contributed by atoms with Gasteiger partial charge in [0.25, 0.3) is 5.56 Å². The number of hydrogen-bond acceptors (Lipinski definition) is 4. The second-order valence-corrected chi connectivity index (χ2v) is 6.07. The van der Waals surface area contributed by atoms with Crippen LogP contribution in [-0.2, 0) is 0 Å². The van der Waals surface area contributed by atoms with Crippen molar-refractivity contribution in [1.29, 1.82) is 0 Å². The van der Waals surface area contributed by atoms with Gasteiger partial charge >= 0.3 is 5.69 Å². The molecule has 8 heteroatoms. The van der Waals surface area contributed by atoms with E-state index in [4.69, 9.17) is 11.6 Å². The first-order valence-electron chi connectivity index (χ1n) is 8.09. The number of aliphatic imine (C=N–C) groups is 1. The number of aromatic hydroxyl groups is 1. The summed E-state index contributed by atoms with van der Waals surface area (Å²) in [6.45, 7) is 1.70. The first kappa shape index (κ1) is 18.6. The third kappa shape index (κ3) is 3.68. The maximum absolute atomic E-state index is 13.9. The third-order valence-electron chi connectivity index (χ3n) is 3.90. The van der Waals surface area contributed by atoms with Crippen LogP contribution in [0.3, 0.4) is 0 Å². The third-order valence-corrected chi connectivity index (χ3v) is 4.15. The van der Waals surface area contributed by atoms with E-state index in [2.05, 4.69) is 9.98 Å². The minimum atomic E-state index is -0.815. The lowest BCUT2D eigenvalue weighted by atomic mass is 10.1. The molecule has 0 aliphatic rings. The van der Waals surface area contributed by atoms with Crippen molar-refractivity contribution >= 4 is 23.0 Å². The van der Waals surface area contributed by atoms with Crippen LogP contribution in [0.5, 0.6) is 5.88 Å². The van der Waals surface area contributed by atoms with Crippen molar-refractivity contribution in [2.45, 2.75) is 13.3 Å². The fraction of sp³-hybridized carbons (Fsp3) is 0.105. The SMILES string of the molecule is CCC(=Nc1ccccc1F)c1c(O)n(-c2ccc(Cl)cc2)c(=O)[nH]c1=O. The van der Waals surface area contributed by atoms with Gasteiger partial charge in [-0.1, -0.05) is 30.7 Å². The summed E-state index contributed by atoms with van der Waals surface area (Å²) < 4.78 is 14.9. The van der Waals surface area contributed by atoms with Crippen LogP contribution in [0.2, 0.25) is 5.02 Å². The summed E-state index contributed by atoms with van der Waals surface area (Å²) in [5.41, 5.74) is -1.35. The fourth-order valence-corrected chi connectivity index (χ4v) is 2.74. The lowest BCUT2D eigenvalue weighted by molar-refractivity contribution is 0.429. The van der Waals surface area contributed by atoms with E-state index in [1.165, 1.54) is 30.3 Å². The molecular formula is C19H15ClFN3O3. The Bertz CT molecular complexity index is 1130. The number of halogens is 2. The van der Waals surface area contributed by atoms with E-state index < -0.39 is 22.9 Å². The van der Waals surface area contributed by atoms with E-state index in [9.17, 15) is 19.1 Å². The highest BCUT2D eigenvalue weighted by Crippen LogP contribution is 2.23. The van der Waals surface area contributed by atoms with Crippen molar-refractivity contribution in [3.8, 4) is 11.6 Å². The number of para-hydroxylation sites is 1. The Kier molecular flexibility index (Phi) is 5.23. The average Bonchev–Trinajstić information content (AvgIpc) is 2.63. The van der Waals surface area contributed by atoms with Crippen molar-refractivity contribution < 1.29 is 9.50 Å². The molecular weight excluding hydrogens is 373 g/mol. The molecule has 1 heterocycles. The molecule has 0 unspecified atom stereocenters. The van der Waals surface area contributed by atoms with Gasteiger partial charge in [0.05, 0.1) is 17.1 Å². The second-order valence-electron chi connectivity index (χ2n) is 5.63. The smallest absolute Gasteiger partial charge is 0.335 e. The van der Waals surface area contributed by atoms with Crippen LogP contribution in [0.4, 0.5) is 10.1 Å². The number of hydrogen-bond donors (Lipinski definition) is 2. The summed E-state index contributed by atoms with van der Waals surface area (Å²) in [7, 11) is 0. The fourth-order valence-electron chi connectivity index (χ4n) is 2.61. The zero-order valence-corrected chi connectivity index (χ0v) is 15.0. The highest BCUT2D eigenvalue weighted by molar-refractivity contribution is 6.30. The van der Waals surface area contributed by atoms with Gasteiger partial charge in [-0.2, -0.15) is 0 Å². The van der Waals surface area contributed by atoms with Crippen LogP contribution in [-0.4, -0.2) is 20.4 Å². The lowest BCUT2D eigenvalue weighted by Gasteiger charge is -2.12. The molecule has 6 nitrogen and oxygen atoms in total. The van der Waals surface area contributed by atoms with Gasteiger partial charge in [0.2, 0.25) is 5.88 Å². The average molecular weight is 388 g/mol. The number of nitrogens with one attached hydrogen (secondary N) is 1. The van der Waals surface area contributed by atoms with Gasteiger partial charge in [0.1, 0.15) is 11.4 Å². The number of aromatic amines is 1. The van der Waals surface area contributed by atoms with Gasteiger partial charge in [-0.25, -0.2) is 18.7 Å². The van der Waals surface area contributed by atoms with Crippen LogP contribution in [0.15, 0.2) is 63.1 Å². The number of nitrogens with zero attached hydrogens (tertiary/aromatic N) is 2. The van der Waals surface area contributed by atoms with E-state index in [0.29, 0.717) is 10.7 Å². The molecule has 0 spiro atoms. The molecule has 3 aromatic rings. The van der Waals surface area contributed by atoms with Crippen molar-refractivity contribution in [2.75, 3.05) is 0 Å². The van der Waals surface area contributed by atoms with Gasteiger partial charge in [0.15, 0.2) is 0 Å². The summed E-state index contributed by atoms with van der Waals surface area (Å²) in [6, 6.07) is 11.9. The predicted molar refractivity (Wildman–Crippen MR) is 102 cm³/mol. The molecule has 2 N–H and O–H groups in total. The zero-order chi connectivity index (χ0) is 19.6. The molecule has 0 aliphatic carbocycles. The van der Waals surface area contributed by atoms with Crippen molar-refractivity contribution in [3.05, 3.63) is 85.8 Å². The topological polar surface area (TPSA) is 87.4 Å². The first-order valence-corrected chi connectivity index (χ1v) is 8.47. The van der Waals surface area contributed by atoms with Crippen LogP contribution >= 0.6 is 11.6 Å². The molecule has 138 valence electrons. The molecule has 0 bridgehead atoms. The lowest BCUT2D eigenvalue weighted by Crippen LogP contribution is -2.33. The number of benzene rings is 2. The molecule has 0 aliphatic heterocycles. The summed E-state index contributed by atoms with van der Waals surface area (Å²) in [5, 5.41) is 11.1. The minimum absolute atomic E-state index is 0.0254. The van der Waals surface area contributed by atoms with E-state index in [-0.39, 0.29) is 23.4 Å². The molecule has 0 atom stereocenters. The Hall–Kier alpha value is -3.19. The highest BCUT2D eigenvalue weighted by Gasteiger charge is 2.20. The molecule has 27 heavy (non-hydrogen) atoms. The summed E-state index contributed by atoms with van der Waals surface area (Å²) in [4.78, 5) is 30.9. The van der Waals surface area contributed by atoms with Gasteiger partial charge < -0.3 is 5.11 Å². The molecule has 0 radical (unpaired) electrons. The van der Waals surface area contributed by atoms with Gasteiger partial charge in [-0.05, 0) is 42.8 Å². The zero-order valence-electron chi connectivity index (χ0n) is 14.2. The van der Waals surface area contributed by atoms with Crippen LogP contribution < -0.4 is 11.2 Å². The Balaban J connectivity index is 2.25. The van der Waals surface area contributed by atoms with E-state index in [1.54, 1.807) is 25.1 Å². The van der Waals surface area contributed by atoms with Crippen molar-refractivity contribution in [1.82, 2.24) is 9.55 Å². The maximum atomic E-state index is 13.9. The van der Waals surface area contributed by atoms with Crippen molar-refractivity contribution in [2.24, 2.45) is 4.99 Å². The number of aromatic nitrogens is 2. The highest BCUT2D eigenvalue weighted by atomic mass is 35.5. The molecule has 3 rings (SSSR count). The molecule has 0 fully saturated rings. The second kappa shape index (κ2) is 7.59. The Morgan fingerprint density at radius 1 is 1.19 bits per heavy atom. The summed E-state index contributed by atoms with van der Waals surface area (Å²) >= 11 is 5.85. The predicted octanol–water partition coefficient (Wildman–Crippen LogP) is 3.55. The van der Waals surface area contributed by atoms with Crippen molar-refractivity contribution in [3.63, 3.8) is 0 Å². The molecule has 0 amide bonds. The normalized spacial score (nSPS) is 11.6. The first-order chi connectivity index (χ1) is 12.9. The van der Waals surface area contributed by atoms with Gasteiger partial charge in [0, 0.05) is 5.02 Å². The molecule has 0 saturated carbocycles. The van der Waals surface area contributed by atoms with E-state index >= 15 is 0 Å².